The number of halogens is 4. The normalized spacial score (nSPS) is 28.0. The summed E-state index contributed by atoms with van der Waals surface area (Å²) in [5.74, 6) is -0.000802. The fourth-order valence-corrected chi connectivity index (χ4v) is 7.82. The van der Waals surface area contributed by atoms with E-state index < -0.39 is 17.6 Å². The molecule has 0 unspecified atom stereocenters. The third-order valence-corrected chi connectivity index (χ3v) is 10.4. The number of anilines is 1. The van der Waals surface area contributed by atoms with Crippen molar-refractivity contribution in [1.82, 2.24) is 19.8 Å². The molecule has 41 heavy (non-hydrogen) atoms. The monoisotopic (exact) mass is 655 g/mol. The Hall–Kier alpha value is -1.98. The van der Waals surface area contributed by atoms with Crippen molar-refractivity contribution >= 4 is 50.3 Å². The highest BCUT2D eigenvalue weighted by Gasteiger charge is 2.49. The molecule has 3 fully saturated rings. The van der Waals surface area contributed by atoms with Crippen molar-refractivity contribution in [3.63, 3.8) is 0 Å². The van der Waals surface area contributed by atoms with Gasteiger partial charge in [0.05, 0.1) is 26.5 Å². The lowest BCUT2D eigenvalue weighted by Gasteiger charge is -2.46. The summed E-state index contributed by atoms with van der Waals surface area (Å²) in [7, 11) is 0. The van der Waals surface area contributed by atoms with Crippen molar-refractivity contribution in [2.75, 3.05) is 37.7 Å². The summed E-state index contributed by atoms with van der Waals surface area (Å²) in [6.45, 7) is 10.1. The standard InChI is InChI=1S/C29H37BrClF2N5O3/c1-5-17-13-37-18(14-38(17)27(39)41-28(2,3)4)7-8-19-20-24(23(33)21(30)22(19)31)34-26(35-25(20)37)40-15-29-9-6-10-36(29)12-16(32)11-29/h16-18H,5-15H2,1-4H3/t16-,17-,18-,29+/m1/s1. The Morgan fingerprint density at radius 2 is 2.02 bits per heavy atom. The van der Waals surface area contributed by atoms with E-state index in [1.165, 1.54) is 0 Å². The number of ether oxygens (including phenoxy) is 2. The smallest absolute Gasteiger partial charge is 0.410 e. The minimum absolute atomic E-state index is 0.0679. The van der Waals surface area contributed by atoms with E-state index in [0.29, 0.717) is 61.5 Å². The van der Waals surface area contributed by atoms with Crippen molar-refractivity contribution in [2.24, 2.45) is 0 Å². The summed E-state index contributed by atoms with van der Waals surface area (Å²) < 4.78 is 42.3. The molecular weight excluding hydrogens is 620 g/mol. The molecule has 0 spiro atoms. The van der Waals surface area contributed by atoms with E-state index >= 15 is 4.39 Å². The van der Waals surface area contributed by atoms with Crippen molar-refractivity contribution in [1.29, 1.82) is 0 Å². The van der Waals surface area contributed by atoms with Gasteiger partial charge in [0.25, 0.3) is 0 Å². The Morgan fingerprint density at radius 3 is 2.76 bits per heavy atom. The maximum Gasteiger partial charge on any atom is 0.410 e. The van der Waals surface area contributed by atoms with Gasteiger partial charge in [-0.1, -0.05) is 18.5 Å². The van der Waals surface area contributed by atoms with Gasteiger partial charge < -0.3 is 19.3 Å². The van der Waals surface area contributed by atoms with Gasteiger partial charge in [0.15, 0.2) is 5.82 Å². The topological polar surface area (TPSA) is 71.0 Å². The number of amides is 1. The second kappa shape index (κ2) is 10.6. The number of benzene rings is 1. The van der Waals surface area contributed by atoms with Crippen LogP contribution in [0.4, 0.5) is 19.4 Å². The van der Waals surface area contributed by atoms with Crippen LogP contribution in [-0.4, -0.2) is 88.0 Å². The van der Waals surface area contributed by atoms with Crippen LogP contribution in [0.1, 0.15) is 65.4 Å². The zero-order chi connectivity index (χ0) is 29.3. The van der Waals surface area contributed by atoms with Gasteiger partial charge >= 0.3 is 12.1 Å². The van der Waals surface area contributed by atoms with E-state index in [-0.39, 0.29) is 46.3 Å². The van der Waals surface area contributed by atoms with Crippen LogP contribution in [0.2, 0.25) is 5.02 Å². The van der Waals surface area contributed by atoms with E-state index in [1.54, 1.807) is 0 Å². The first-order chi connectivity index (χ1) is 19.4. The van der Waals surface area contributed by atoms with E-state index in [4.69, 9.17) is 26.1 Å². The molecule has 6 rings (SSSR count). The van der Waals surface area contributed by atoms with Gasteiger partial charge in [-0.2, -0.15) is 9.97 Å². The zero-order valence-corrected chi connectivity index (χ0v) is 26.3. The number of hydrogen-bond donors (Lipinski definition) is 0. The van der Waals surface area contributed by atoms with Crippen molar-refractivity contribution in [3.8, 4) is 6.01 Å². The third-order valence-electron chi connectivity index (χ3n) is 9.06. The number of piperazine rings is 1. The lowest BCUT2D eigenvalue weighted by atomic mass is 9.95. The predicted molar refractivity (Wildman–Crippen MR) is 157 cm³/mol. The van der Waals surface area contributed by atoms with E-state index in [0.717, 1.165) is 24.9 Å². The van der Waals surface area contributed by atoms with Crippen LogP contribution in [0, 0.1) is 5.82 Å². The molecule has 4 aliphatic rings. The third kappa shape index (κ3) is 5.13. The average Bonchev–Trinajstić information content (AvgIpc) is 3.38. The minimum atomic E-state index is -0.882. The molecule has 12 heteroatoms. The largest absolute Gasteiger partial charge is 0.461 e. The lowest BCUT2D eigenvalue weighted by Crippen LogP contribution is -2.60. The number of alkyl halides is 1. The van der Waals surface area contributed by atoms with Crippen molar-refractivity contribution in [2.45, 2.75) is 95.6 Å². The van der Waals surface area contributed by atoms with Crippen LogP contribution in [0.25, 0.3) is 10.9 Å². The molecule has 4 atom stereocenters. The Bertz CT molecular complexity index is 1380. The summed E-state index contributed by atoms with van der Waals surface area (Å²) in [5, 5.41) is 0.890. The average molecular weight is 657 g/mol. The van der Waals surface area contributed by atoms with Crippen LogP contribution in [0.15, 0.2) is 4.47 Å². The van der Waals surface area contributed by atoms with Crippen LogP contribution in [0.5, 0.6) is 6.01 Å². The molecule has 0 aliphatic carbocycles. The summed E-state index contributed by atoms with van der Waals surface area (Å²) in [4.78, 5) is 28.8. The maximum absolute atomic E-state index is 15.8. The molecule has 0 bridgehead atoms. The molecule has 2 aromatic rings. The van der Waals surface area contributed by atoms with Gasteiger partial charge in [-0.05, 0) is 80.9 Å². The summed E-state index contributed by atoms with van der Waals surface area (Å²) in [6, 6.07) is -0.148. The molecule has 224 valence electrons. The first-order valence-corrected chi connectivity index (χ1v) is 15.7. The van der Waals surface area contributed by atoms with Gasteiger partial charge in [-0.15, -0.1) is 0 Å². The lowest BCUT2D eigenvalue weighted by molar-refractivity contribution is 0.00971. The first kappa shape index (κ1) is 29.1. The quantitative estimate of drug-likeness (QED) is 0.359. The van der Waals surface area contributed by atoms with E-state index in [9.17, 15) is 9.18 Å². The molecule has 4 aliphatic heterocycles. The highest BCUT2D eigenvalue weighted by atomic mass is 79.9. The van der Waals surface area contributed by atoms with Gasteiger partial charge in [0, 0.05) is 32.1 Å². The summed E-state index contributed by atoms with van der Waals surface area (Å²) >= 11 is 10.0. The van der Waals surface area contributed by atoms with Crippen molar-refractivity contribution < 1.29 is 23.0 Å². The number of fused-ring (bicyclic) bond motifs is 3. The van der Waals surface area contributed by atoms with Gasteiger partial charge in [-0.3, -0.25) is 4.90 Å². The second-order valence-electron chi connectivity index (χ2n) is 12.9. The number of rotatable bonds is 4. The number of carbonyl (C=O) groups excluding carboxylic acids is 1. The zero-order valence-electron chi connectivity index (χ0n) is 24.0. The number of carbonyl (C=O) groups is 1. The Labute approximate surface area is 252 Å². The fraction of sp³-hybridized carbons (Fsp3) is 0.690. The molecule has 1 amide bonds. The van der Waals surface area contributed by atoms with Gasteiger partial charge in [0.2, 0.25) is 0 Å². The van der Waals surface area contributed by atoms with E-state index in [1.807, 2.05) is 32.6 Å². The molecule has 1 aromatic heterocycles. The van der Waals surface area contributed by atoms with Crippen LogP contribution in [0.3, 0.4) is 0 Å². The van der Waals surface area contributed by atoms with Crippen LogP contribution >= 0.6 is 27.5 Å². The summed E-state index contributed by atoms with van der Waals surface area (Å²) in [5.41, 5.74) is -0.0651. The predicted octanol–water partition coefficient (Wildman–Crippen LogP) is 6.29. The highest BCUT2D eigenvalue weighted by Crippen LogP contribution is 2.45. The Morgan fingerprint density at radius 1 is 1.24 bits per heavy atom. The highest BCUT2D eigenvalue weighted by molar-refractivity contribution is 9.10. The molecule has 3 saturated heterocycles. The van der Waals surface area contributed by atoms with Crippen molar-refractivity contribution in [3.05, 3.63) is 20.9 Å². The van der Waals surface area contributed by atoms with Crippen LogP contribution in [-0.2, 0) is 11.2 Å². The fourth-order valence-electron chi connectivity index (χ4n) is 7.12. The Balaban J connectivity index is 1.39. The van der Waals surface area contributed by atoms with Gasteiger partial charge in [-0.25, -0.2) is 13.6 Å². The molecule has 5 heterocycles. The second-order valence-corrected chi connectivity index (χ2v) is 14.0. The van der Waals surface area contributed by atoms with Gasteiger partial charge in [0.1, 0.15) is 29.7 Å². The number of aryl methyl sites for hydroxylation is 1. The minimum Gasteiger partial charge on any atom is -0.461 e. The molecule has 0 radical (unpaired) electrons. The first-order valence-electron chi connectivity index (χ1n) is 14.6. The number of nitrogens with zero attached hydrogens (tertiary/aromatic N) is 5. The molecule has 8 nitrogen and oxygen atoms in total. The summed E-state index contributed by atoms with van der Waals surface area (Å²) in [6.07, 6.45) is 3.01. The molecule has 0 saturated carbocycles. The maximum atomic E-state index is 15.8. The van der Waals surface area contributed by atoms with Crippen LogP contribution < -0.4 is 9.64 Å². The molecule has 0 N–H and O–H groups in total. The van der Waals surface area contributed by atoms with E-state index in [2.05, 4.69) is 30.7 Å². The SMILES string of the molecule is CC[C@@H]1CN2c3nc(OC[C@@]45CCCN4C[C@H](F)C5)nc4c(F)c(Br)c(Cl)c(c34)CC[C@@H]2CN1C(=O)OC(C)(C)C. The molecule has 1 aromatic carbocycles. The Kier molecular flexibility index (Phi) is 7.55. The molecular formula is C29H37BrClF2N5O3. The number of hydrogen-bond acceptors (Lipinski definition) is 7. The number of aromatic nitrogens is 2.